The van der Waals surface area contributed by atoms with E-state index in [0.29, 0.717) is 54.8 Å². The molecule has 2 aromatic carbocycles. The Morgan fingerprint density at radius 3 is 2.65 bits per heavy atom. The number of fused-ring (bicyclic) bond motifs is 1. The Kier molecular flexibility index (Phi) is 7.11. The van der Waals surface area contributed by atoms with E-state index >= 15 is 4.39 Å². The zero-order valence-electron chi connectivity index (χ0n) is 24.4. The number of likely N-dealkylation sites (tertiary alicyclic amines) is 1. The van der Waals surface area contributed by atoms with Gasteiger partial charge in [0, 0.05) is 67.4 Å². The van der Waals surface area contributed by atoms with Crippen LogP contribution in [0, 0.1) is 22.6 Å². The molecule has 0 spiro atoms. The number of imide groups is 1. The van der Waals surface area contributed by atoms with Gasteiger partial charge in [0.25, 0.3) is 0 Å². The highest BCUT2D eigenvalue weighted by Crippen LogP contribution is 2.48. The van der Waals surface area contributed by atoms with Crippen LogP contribution >= 0.6 is 0 Å². The fourth-order valence-electron chi connectivity index (χ4n) is 6.57. The number of aromatic nitrogens is 3. The molecule has 2 atom stereocenters. The maximum Gasteiger partial charge on any atom is 0.234 e. The van der Waals surface area contributed by atoms with Crippen LogP contribution in [0.1, 0.15) is 61.3 Å². The normalized spacial score (nSPS) is 22.4. The molecule has 0 aliphatic carbocycles. The maximum absolute atomic E-state index is 16.2. The lowest BCUT2D eigenvalue weighted by atomic mass is 9.66. The number of nitriles is 1. The van der Waals surface area contributed by atoms with Gasteiger partial charge in [0.05, 0.1) is 22.6 Å². The molecule has 6 rings (SSSR count). The molecule has 2 saturated heterocycles. The van der Waals surface area contributed by atoms with Crippen molar-refractivity contribution in [1.82, 2.24) is 25.0 Å². The fraction of sp³-hybridized carbons (Fsp3) is 0.364. The maximum atomic E-state index is 16.2. The smallest absolute Gasteiger partial charge is 0.234 e. The summed E-state index contributed by atoms with van der Waals surface area (Å²) in [4.78, 5) is 30.7. The molecule has 0 saturated carbocycles. The van der Waals surface area contributed by atoms with Crippen LogP contribution in [0.3, 0.4) is 0 Å². The molecule has 9 nitrogen and oxygen atoms in total. The Morgan fingerprint density at radius 2 is 1.95 bits per heavy atom. The second-order valence-corrected chi connectivity index (χ2v) is 12.3. The number of nitrogens with one attached hydrogen (secondary N) is 1. The van der Waals surface area contributed by atoms with E-state index in [1.807, 2.05) is 38.1 Å². The van der Waals surface area contributed by atoms with Crippen LogP contribution in [0.4, 0.5) is 4.39 Å². The third-order valence-corrected chi connectivity index (χ3v) is 9.02. The minimum Gasteiger partial charge on any atom is -0.384 e. The third-order valence-electron chi connectivity index (χ3n) is 9.02. The van der Waals surface area contributed by atoms with E-state index in [-0.39, 0.29) is 23.3 Å². The van der Waals surface area contributed by atoms with Gasteiger partial charge in [0.1, 0.15) is 17.6 Å². The van der Waals surface area contributed by atoms with Crippen molar-refractivity contribution in [2.75, 3.05) is 13.1 Å². The topological polar surface area (TPSA) is 124 Å². The number of rotatable bonds is 5. The number of piperidine rings is 2. The Labute approximate surface area is 249 Å². The first-order valence-corrected chi connectivity index (χ1v) is 14.4. The number of carbonyl (C=O) groups excluding carboxylic acids is 2. The molecule has 2 amide bonds. The number of pyridine rings is 1. The summed E-state index contributed by atoms with van der Waals surface area (Å²) in [6.45, 7) is 5.66. The molecular weight excluding hydrogens is 547 g/mol. The number of halogens is 1. The summed E-state index contributed by atoms with van der Waals surface area (Å²) in [7, 11) is 1.79. The predicted octanol–water partition coefficient (Wildman–Crippen LogP) is 4.29. The SMILES string of the molecule is Cn1cc(C#N)c(-c2ccc(CN3CC[C@@](O)(c4ccc5ncc([C@H]6CCC(=O)NC6=O)cc5c4F)C(C)(C)C3)cc2)n1. The van der Waals surface area contributed by atoms with Crippen LogP contribution in [0.15, 0.2) is 54.9 Å². The van der Waals surface area contributed by atoms with E-state index in [0.717, 1.165) is 11.1 Å². The minimum absolute atomic E-state index is 0.220. The number of aliphatic hydroxyl groups is 1. The van der Waals surface area contributed by atoms with Crippen LogP contribution < -0.4 is 5.32 Å². The molecule has 2 aliphatic rings. The number of amides is 2. The number of carbonyl (C=O) groups is 2. The van der Waals surface area contributed by atoms with Crippen molar-refractivity contribution in [3.63, 3.8) is 0 Å². The highest BCUT2D eigenvalue weighted by molar-refractivity contribution is 6.01. The van der Waals surface area contributed by atoms with Gasteiger partial charge in [-0.15, -0.1) is 0 Å². The summed E-state index contributed by atoms with van der Waals surface area (Å²) in [5.74, 6) is -1.83. The van der Waals surface area contributed by atoms with Gasteiger partial charge in [-0.25, -0.2) is 4.39 Å². The number of hydrogen-bond donors (Lipinski definition) is 2. The predicted molar refractivity (Wildman–Crippen MR) is 158 cm³/mol. The lowest BCUT2D eigenvalue weighted by Crippen LogP contribution is -2.55. The molecule has 0 radical (unpaired) electrons. The summed E-state index contributed by atoms with van der Waals surface area (Å²) in [6, 6.07) is 15.1. The van der Waals surface area contributed by atoms with Gasteiger partial charge in [-0.3, -0.25) is 29.5 Å². The van der Waals surface area contributed by atoms with Crippen LogP contribution in [0.5, 0.6) is 0 Å². The number of hydrogen-bond acceptors (Lipinski definition) is 7. The van der Waals surface area contributed by atoms with Crippen LogP contribution in [0.25, 0.3) is 22.2 Å². The first-order valence-electron chi connectivity index (χ1n) is 14.4. The van der Waals surface area contributed by atoms with E-state index in [1.54, 1.807) is 42.3 Å². The average molecular weight is 581 g/mol. The third kappa shape index (κ3) is 5.09. The average Bonchev–Trinajstić information content (AvgIpc) is 3.36. The molecule has 0 unspecified atom stereocenters. The van der Waals surface area contributed by atoms with Gasteiger partial charge < -0.3 is 5.11 Å². The number of nitrogens with zero attached hydrogens (tertiary/aromatic N) is 5. The first kappa shape index (κ1) is 28.6. The molecule has 2 fully saturated rings. The van der Waals surface area contributed by atoms with Crippen molar-refractivity contribution in [3.05, 3.63) is 82.9 Å². The Bertz CT molecular complexity index is 1790. The summed E-state index contributed by atoms with van der Waals surface area (Å²) < 4.78 is 17.9. The van der Waals surface area contributed by atoms with Gasteiger partial charge in [-0.2, -0.15) is 10.4 Å². The summed E-state index contributed by atoms with van der Waals surface area (Å²) >= 11 is 0. The molecule has 2 aliphatic heterocycles. The van der Waals surface area contributed by atoms with Crippen LogP contribution in [-0.4, -0.2) is 49.7 Å². The molecule has 10 heteroatoms. The Balaban J connectivity index is 1.22. The van der Waals surface area contributed by atoms with Crippen LogP contribution in [-0.2, 0) is 28.8 Å². The van der Waals surface area contributed by atoms with Crippen molar-refractivity contribution in [2.24, 2.45) is 12.5 Å². The monoisotopic (exact) mass is 580 g/mol. The molecule has 2 N–H and O–H groups in total. The van der Waals surface area contributed by atoms with E-state index in [9.17, 15) is 20.0 Å². The van der Waals surface area contributed by atoms with Crippen molar-refractivity contribution < 1.29 is 19.1 Å². The van der Waals surface area contributed by atoms with E-state index in [1.165, 1.54) is 0 Å². The lowest BCUT2D eigenvalue weighted by molar-refractivity contribution is -0.134. The van der Waals surface area contributed by atoms with Crippen molar-refractivity contribution in [2.45, 2.75) is 51.2 Å². The molecule has 4 heterocycles. The van der Waals surface area contributed by atoms with Crippen LogP contribution in [0.2, 0.25) is 0 Å². The second-order valence-electron chi connectivity index (χ2n) is 12.3. The first-order chi connectivity index (χ1) is 20.5. The lowest BCUT2D eigenvalue weighted by Gasteiger charge is -2.50. The fourth-order valence-corrected chi connectivity index (χ4v) is 6.57. The van der Waals surface area contributed by atoms with Gasteiger partial charge in [-0.1, -0.05) is 44.2 Å². The Hall–Kier alpha value is -4.46. The number of benzene rings is 2. The van der Waals surface area contributed by atoms with Crippen molar-refractivity contribution in [1.29, 1.82) is 5.26 Å². The largest absolute Gasteiger partial charge is 0.384 e. The van der Waals surface area contributed by atoms with E-state index < -0.39 is 28.7 Å². The Morgan fingerprint density at radius 1 is 1.19 bits per heavy atom. The highest BCUT2D eigenvalue weighted by Gasteiger charge is 2.50. The van der Waals surface area contributed by atoms with Crippen molar-refractivity contribution in [3.8, 4) is 17.3 Å². The van der Waals surface area contributed by atoms with Gasteiger partial charge in [0.15, 0.2) is 0 Å². The second kappa shape index (κ2) is 10.7. The molecule has 2 aromatic heterocycles. The highest BCUT2D eigenvalue weighted by atomic mass is 19.1. The van der Waals surface area contributed by atoms with Gasteiger partial charge in [0.2, 0.25) is 11.8 Å². The zero-order valence-corrected chi connectivity index (χ0v) is 24.4. The quantitative estimate of drug-likeness (QED) is 0.338. The van der Waals surface area contributed by atoms with Gasteiger partial charge in [-0.05, 0) is 36.1 Å². The zero-order chi connectivity index (χ0) is 30.5. The summed E-state index contributed by atoms with van der Waals surface area (Å²) in [6.07, 6.45) is 4.16. The number of aryl methyl sites for hydroxylation is 1. The molecular formula is C33H33FN6O3. The molecule has 43 heavy (non-hydrogen) atoms. The molecule has 0 bridgehead atoms. The standard InChI is InChI=1S/C33H33FN6O3/c1-32(2)19-40(17-20-4-6-21(7-5-20)30-23(15-35)18-39(3)38-30)13-12-33(32,43)26-9-10-27-25(29(26)34)14-22(16-36-27)24-8-11-28(41)37-31(24)42/h4-7,9-10,14,16,18,24,43H,8,11-13,17,19H2,1-3H3,(H,37,41,42)/t24-,33-/m1/s1. The van der Waals surface area contributed by atoms with E-state index in [4.69, 9.17) is 0 Å². The molecule has 4 aromatic rings. The minimum atomic E-state index is -1.43. The summed E-state index contributed by atoms with van der Waals surface area (Å²) in [5, 5.41) is 28.5. The molecule has 220 valence electrons. The van der Waals surface area contributed by atoms with E-state index in [2.05, 4.69) is 26.4 Å². The summed E-state index contributed by atoms with van der Waals surface area (Å²) in [5.41, 5.74) is 2.22. The van der Waals surface area contributed by atoms with Gasteiger partial charge >= 0.3 is 0 Å². The van der Waals surface area contributed by atoms with Crippen molar-refractivity contribution >= 4 is 22.7 Å².